The van der Waals surface area contributed by atoms with Gasteiger partial charge >= 0.3 is 0 Å². The molecule has 2 aromatic rings. The zero-order valence-electron chi connectivity index (χ0n) is 23.1. The fourth-order valence-corrected chi connectivity index (χ4v) is 7.57. The highest BCUT2D eigenvalue weighted by Gasteiger charge is 2.45. The molecule has 0 aromatic heterocycles. The molecular formula is C30H35ClN2O7S. The first-order chi connectivity index (χ1) is 19.5. The highest BCUT2D eigenvalue weighted by Crippen LogP contribution is 2.47. The largest absolute Gasteiger partial charge is 0.493 e. The lowest BCUT2D eigenvalue weighted by molar-refractivity contribution is -0.139. The second kappa shape index (κ2) is 10.5. The molecule has 0 saturated heterocycles. The van der Waals surface area contributed by atoms with Crippen molar-refractivity contribution in [3.8, 4) is 11.5 Å². The van der Waals surface area contributed by atoms with Crippen molar-refractivity contribution < 1.29 is 32.5 Å². The maximum atomic E-state index is 13.4. The van der Waals surface area contributed by atoms with Gasteiger partial charge in [0.15, 0.2) is 0 Å². The maximum Gasteiger partial charge on any atom is 0.265 e. The van der Waals surface area contributed by atoms with E-state index < -0.39 is 33.1 Å². The van der Waals surface area contributed by atoms with E-state index in [0.717, 1.165) is 24.2 Å². The molecule has 0 unspecified atom stereocenters. The molecule has 2 N–H and O–H groups in total. The van der Waals surface area contributed by atoms with E-state index in [4.69, 9.17) is 25.8 Å². The van der Waals surface area contributed by atoms with E-state index in [-0.39, 0.29) is 23.3 Å². The molecule has 220 valence electrons. The minimum atomic E-state index is -4.20. The van der Waals surface area contributed by atoms with E-state index in [9.17, 15) is 18.3 Å². The number of fused-ring (bicyclic) bond motifs is 4. The van der Waals surface area contributed by atoms with Crippen LogP contribution in [-0.4, -0.2) is 64.0 Å². The van der Waals surface area contributed by atoms with Gasteiger partial charge in [-0.15, -0.1) is 0 Å². The molecule has 1 saturated carbocycles. The summed E-state index contributed by atoms with van der Waals surface area (Å²) in [6.07, 6.45) is 5.29. The predicted octanol–water partition coefficient (Wildman–Crippen LogP) is 3.82. The molecule has 9 nitrogen and oxygen atoms in total. The van der Waals surface area contributed by atoms with Crippen molar-refractivity contribution in [3.05, 3.63) is 59.1 Å². The fourth-order valence-electron chi connectivity index (χ4n) is 6.29. The zero-order valence-corrected chi connectivity index (χ0v) is 24.7. The number of amides is 1. The van der Waals surface area contributed by atoms with Crippen LogP contribution in [0, 0.1) is 11.8 Å². The Balaban J connectivity index is 1.44. The van der Waals surface area contributed by atoms with Crippen LogP contribution in [0.4, 0.5) is 5.69 Å². The number of hydrogen-bond acceptors (Lipinski definition) is 8. The summed E-state index contributed by atoms with van der Waals surface area (Å²) in [6, 6.07) is 10.4. The van der Waals surface area contributed by atoms with Crippen molar-refractivity contribution in [2.24, 2.45) is 11.8 Å². The third-order valence-electron chi connectivity index (χ3n) is 8.95. The smallest absolute Gasteiger partial charge is 0.265 e. The Morgan fingerprint density at radius 1 is 1.10 bits per heavy atom. The average Bonchev–Trinajstić information content (AvgIpc) is 3.05. The van der Waals surface area contributed by atoms with Crippen LogP contribution in [0.2, 0.25) is 5.02 Å². The molecule has 1 amide bonds. The highest BCUT2D eigenvalue weighted by atomic mass is 35.5. The number of nitrogens with one attached hydrogen (secondary N) is 1. The summed E-state index contributed by atoms with van der Waals surface area (Å²) in [5.41, 5.74) is -0.198. The van der Waals surface area contributed by atoms with Gasteiger partial charge in [-0.25, -0.2) is 13.1 Å². The van der Waals surface area contributed by atoms with Crippen molar-refractivity contribution >= 4 is 33.2 Å². The lowest BCUT2D eigenvalue weighted by atomic mass is 9.69. The number of carbonyl (C=O) groups excluding carboxylic acids is 1. The minimum absolute atomic E-state index is 0.0405. The molecule has 6 rings (SSSR count). The van der Waals surface area contributed by atoms with Gasteiger partial charge in [-0.3, -0.25) is 4.79 Å². The number of carbonyl (C=O) groups is 1. The van der Waals surface area contributed by atoms with Gasteiger partial charge in [0.25, 0.3) is 15.9 Å². The molecule has 1 fully saturated rings. The Labute approximate surface area is 245 Å². The number of aliphatic hydroxyl groups is 1. The predicted molar refractivity (Wildman–Crippen MR) is 154 cm³/mol. The number of hydrogen-bond donors (Lipinski definition) is 2. The molecular weight excluding hydrogens is 568 g/mol. The van der Waals surface area contributed by atoms with E-state index in [1.165, 1.54) is 19.9 Å². The van der Waals surface area contributed by atoms with Crippen molar-refractivity contribution in [2.45, 2.75) is 55.1 Å². The number of anilines is 1. The number of nitrogens with zero attached hydrogens (tertiary/aromatic N) is 1. The van der Waals surface area contributed by atoms with E-state index in [1.54, 1.807) is 24.3 Å². The van der Waals surface area contributed by atoms with Crippen LogP contribution < -0.4 is 19.1 Å². The molecule has 0 radical (unpaired) electrons. The van der Waals surface area contributed by atoms with Crippen LogP contribution in [0.3, 0.4) is 0 Å². The molecule has 1 spiro atoms. The van der Waals surface area contributed by atoms with Crippen LogP contribution >= 0.6 is 11.6 Å². The van der Waals surface area contributed by atoms with Gasteiger partial charge in [-0.2, -0.15) is 0 Å². The molecule has 2 aromatic carbocycles. The number of ether oxygens (including phenoxy) is 3. The van der Waals surface area contributed by atoms with Gasteiger partial charge in [0.1, 0.15) is 17.1 Å². The highest BCUT2D eigenvalue weighted by molar-refractivity contribution is 7.90. The third-order valence-corrected chi connectivity index (χ3v) is 10.5. The molecule has 4 atom stereocenters. The SMILES string of the molecule is CC1(C)OC/C=C\[C@H](O)[C@@H]2CC[C@H]2CN2C[C@@]3(CCOc4cc(Cl)ccc43)COc3ccc(cc32)S(=O)(=O)NC1=O. The first-order valence-electron chi connectivity index (χ1n) is 14.0. The fraction of sp³-hybridized carbons (Fsp3) is 0.500. The summed E-state index contributed by atoms with van der Waals surface area (Å²) in [5, 5.41) is 11.6. The van der Waals surface area contributed by atoms with Gasteiger partial charge in [0, 0.05) is 23.7 Å². The van der Waals surface area contributed by atoms with Gasteiger partial charge in [-0.05, 0) is 75.3 Å². The van der Waals surface area contributed by atoms with Gasteiger partial charge < -0.3 is 24.2 Å². The summed E-state index contributed by atoms with van der Waals surface area (Å²) in [6.45, 7) is 5.13. The number of aliphatic hydroxyl groups excluding tert-OH is 1. The van der Waals surface area contributed by atoms with Crippen LogP contribution in [0.1, 0.15) is 38.7 Å². The lowest BCUT2D eigenvalue weighted by Crippen LogP contribution is -2.50. The quantitative estimate of drug-likeness (QED) is 0.438. The molecule has 1 aliphatic carbocycles. The van der Waals surface area contributed by atoms with Crippen LogP contribution in [0.15, 0.2) is 53.4 Å². The van der Waals surface area contributed by atoms with Crippen molar-refractivity contribution in [2.75, 3.05) is 37.8 Å². The Kier molecular flexibility index (Phi) is 7.25. The van der Waals surface area contributed by atoms with E-state index in [1.807, 2.05) is 18.2 Å². The maximum absolute atomic E-state index is 13.4. The first kappa shape index (κ1) is 28.3. The summed E-state index contributed by atoms with van der Waals surface area (Å²) in [4.78, 5) is 15.1. The van der Waals surface area contributed by atoms with Crippen molar-refractivity contribution in [1.82, 2.24) is 4.72 Å². The Hall–Kier alpha value is -2.79. The summed E-state index contributed by atoms with van der Waals surface area (Å²) >= 11 is 6.29. The summed E-state index contributed by atoms with van der Waals surface area (Å²) < 4.78 is 47.1. The molecule has 11 heteroatoms. The van der Waals surface area contributed by atoms with Gasteiger partial charge in [0.05, 0.1) is 41.9 Å². The normalized spacial score (nSPS) is 31.3. The Morgan fingerprint density at radius 2 is 1.93 bits per heavy atom. The number of rotatable bonds is 0. The van der Waals surface area contributed by atoms with E-state index in [2.05, 4.69) is 9.62 Å². The summed E-state index contributed by atoms with van der Waals surface area (Å²) in [7, 11) is -4.20. The zero-order chi connectivity index (χ0) is 29.0. The number of benzene rings is 2. The second-order valence-corrected chi connectivity index (χ2v) is 14.1. The van der Waals surface area contributed by atoms with Crippen molar-refractivity contribution in [3.63, 3.8) is 0 Å². The topological polar surface area (TPSA) is 114 Å². The molecule has 41 heavy (non-hydrogen) atoms. The Bertz CT molecular complexity index is 1490. The number of halogens is 1. The van der Waals surface area contributed by atoms with Gasteiger partial charge in [-0.1, -0.05) is 29.8 Å². The summed E-state index contributed by atoms with van der Waals surface area (Å²) in [5.74, 6) is 0.747. The molecule has 2 bridgehead atoms. The lowest BCUT2D eigenvalue weighted by Gasteiger charge is -2.45. The van der Waals surface area contributed by atoms with Crippen LogP contribution in [-0.2, 0) is 25.0 Å². The monoisotopic (exact) mass is 602 g/mol. The standard InChI is InChI=1S/C30H35ClN2O7S/c1-29(2)28(35)32-41(36,37)21-7-10-26-24(15-21)33(16-19-5-8-22(19)25(34)4-3-12-40-29)17-30(18-39-26)11-13-38-27-14-20(31)6-9-23(27)30/h3-4,6-7,9-10,14-15,19,22,25,34H,5,8,11-13,16-18H2,1-2H3,(H,32,35)/b4-3-/t19-,22+,25-,30-/m0/s1. The molecule has 3 aliphatic heterocycles. The van der Waals surface area contributed by atoms with Gasteiger partial charge in [0.2, 0.25) is 0 Å². The van der Waals surface area contributed by atoms with E-state index in [0.29, 0.717) is 49.2 Å². The first-order valence-corrected chi connectivity index (χ1v) is 15.8. The molecule has 3 heterocycles. The van der Waals surface area contributed by atoms with Crippen LogP contribution in [0.25, 0.3) is 0 Å². The molecule has 4 aliphatic rings. The minimum Gasteiger partial charge on any atom is -0.493 e. The third kappa shape index (κ3) is 5.31. The number of sulfonamides is 1. The van der Waals surface area contributed by atoms with Crippen molar-refractivity contribution in [1.29, 1.82) is 0 Å². The second-order valence-electron chi connectivity index (χ2n) is 12.0. The average molecular weight is 603 g/mol. The Morgan fingerprint density at radius 3 is 2.71 bits per heavy atom. The van der Waals surface area contributed by atoms with Crippen LogP contribution in [0.5, 0.6) is 11.5 Å². The van der Waals surface area contributed by atoms with E-state index >= 15 is 0 Å².